The van der Waals surface area contributed by atoms with E-state index in [0.29, 0.717) is 5.82 Å². The van der Waals surface area contributed by atoms with E-state index in [2.05, 4.69) is 27.6 Å². The molecule has 0 aliphatic carbocycles. The third-order valence-electron chi connectivity index (χ3n) is 2.62. The van der Waals surface area contributed by atoms with E-state index in [4.69, 9.17) is 0 Å². The van der Waals surface area contributed by atoms with Crippen LogP contribution in [0.3, 0.4) is 0 Å². The van der Waals surface area contributed by atoms with Gasteiger partial charge in [-0.05, 0) is 34.7 Å². The summed E-state index contributed by atoms with van der Waals surface area (Å²) in [6.45, 7) is 0.190. The first-order valence-corrected chi connectivity index (χ1v) is 7.82. The van der Waals surface area contributed by atoms with Gasteiger partial charge in [0.2, 0.25) is 5.91 Å². The molecule has 0 bridgehead atoms. The minimum absolute atomic E-state index is 0.0380. The first-order valence-electron chi connectivity index (χ1n) is 5.19. The lowest BCUT2D eigenvalue weighted by atomic mass is 10.1. The van der Waals surface area contributed by atoms with Crippen molar-refractivity contribution < 1.29 is 17.1 Å². The molecule has 0 N–H and O–H groups in total. The van der Waals surface area contributed by atoms with Crippen LogP contribution in [0, 0.1) is 9.49 Å². The van der Waals surface area contributed by atoms with Gasteiger partial charge >= 0.3 is 10.2 Å². The number of carbonyl (C=O) groups is 1. The molecule has 1 aromatic heterocycles. The summed E-state index contributed by atoms with van der Waals surface area (Å²) in [5.74, 6) is -0.866. The molecular formula is C10H10FIN2O3S. The zero-order valence-corrected chi connectivity index (χ0v) is 12.2. The van der Waals surface area contributed by atoms with Crippen molar-refractivity contribution in [3.8, 4) is 0 Å². The van der Waals surface area contributed by atoms with Gasteiger partial charge in [-0.2, -0.15) is 8.42 Å². The summed E-state index contributed by atoms with van der Waals surface area (Å²) in [5.41, 5.74) is 0. The lowest BCUT2D eigenvalue weighted by Gasteiger charge is -2.15. The molecule has 1 unspecified atom stereocenters. The van der Waals surface area contributed by atoms with Gasteiger partial charge in [-0.1, -0.05) is 0 Å². The molecule has 1 aromatic rings. The average Bonchev–Trinajstić information content (AvgIpc) is 2.56. The predicted octanol–water partition coefficient (Wildman–Crippen LogP) is 1.34. The Kier molecular flexibility index (Phi) is 3.85. The largest absolute Gasteiger partial charge is 0.302 e. The number of hydrogen-bond donors (Lipinski definition) is 0. The molecule has 2 heterocycles. The number of halogens is 2. The lowest BCUT2D eigenvalue weighted by Crippen LogP contribution is -2.26. The smallest absolute Gasteiger partial charge is 0.296 e. The predicted molar refractivity (Wildman–Crippen MR) is 72.3 cm³/mol. The van der Waals surface area contributed by atoms with Gasteiger partial charge in [0, 0.05) is 28.7 Å². The van der Waals surface area contributed by atoms with Crippen molar-refractivity contribution in [1.29, 1.82) is 0 Å². The fraction of sp³-hybridized carbons (Fsp3) is 0.400. The summed E-state index contributed by atoms with van der Waals surface area (Å²) in [5, 5.41) is 0. The monoisotopic (exact) mass is 384 g/mol. The highest BCUT2D eigenvalue weighted by Gasteiger charge is 2.34. The Morgan fingerprint density at radius 1 is 1.56 bits per heavy atom. The summed E-state index contributed by atoms with van der Waals surface area (Å²) in [6, 6.07) is 3.51. The highest BCUT2D eigenvalue weighted by atomic mass is 127. The van der Waals surface area contributed by atoms with Crippen LogP contribution in [0.1, 0.15) is 6.42 Å². The van der Waals surface area contributed by atoms with Crippen molar-refractivity contribution in [2.75, 3.05) is 17.2 Å². The molecule has 1 atom stereocenters. The van der Waals surface area contributed by atoms with Crippen LogP contribution in [-0.2, 0) is 15.0 Å². The van der Waals surface area contributed by atoms with Crippen molar-refractivity contribution in [1.82, 2.24) is 4.98 Å². The number of aromatic nitrogens is 1. The maximum absolute atomic E-state index is 12.6. The number of anilines is 1. The summed E-state index contributed by atoms with van der Waals surface area (Å²) in [6.07, 6.45) is 1.61. The Labute approximate surface area is 118 Å². The van der Waals surface area contributed by atoms with E-state index < -0.39 is 21.9 Å². The van der Waals surface area contributed by atoms with Gasteiger partial charge in [0.05, 0.1) is 5.75 Å². The molecule has 0 spiro atoms. The molecule has 98 valence electrons. The maximum atomic E-state index is 12.6. The molecule has 1 aliphatic heterocycles. The van der Waals surface area contributed by atoms with E-state index in [1.807, 2.05) is 0 Å². The van der Waals surface area contributed by atoms with Crippen molar-refractivity contribution in [2.45, 2.75) is 6.42 Å². The van der Waals surface area contributed by atoms with Crippen LogP contribution in [0.4, 0.5) is 9.70 Å². The SMILES string of the molecule is O=C1CC(CS(=O)(=O)F)CN1c1cc(I)ccn1. The first kappa shape index (κ1) is 13.7. The van der Waals surface area contributed by atoms with E-state index in [-0.39, 0.29) is 18.9 Å². The minimum Gasteiger partial charge on any atom is -0.296 e. The molecule has 8 heteroatoms. The van der Waals surface area contributed by atoms with Gasteiger partial charge in [-0.25, -0.2) is 4.98 Å². The minimum atomic E-state index is -4.55. The molecule has 1 amide bonds. The summed E-state index contributed by atoms with van der Waals surface area (Å²) in [7, 11) is -4.55. The molecular weight excluding hydrogens is 374 g/mol. The zero-order chi connectivity index (χ0) is 13.3. The third-order valence-corrected chi connectivity index (χ3v) is 4.16. The Bertz CT molecular complexity index is 578. The second-order valence-electron chi connectivity index (χ2n) is 4.11. The van der Waals surface area contributed by atoms with Crippen molar-refractivity contribution in [2.24, 2.45) is 5.92 Å². The molecule has 0 radical (unpaired) electrons. The van der Waals surface area contributed by atoms with E-state index in [0.717, 1.165) is 3.57 Å². The van der Waals surface area contributed by atoms with Crippen LogP contribution in [0.2, 0.25) is 0 Å². The highest BCUT2D eigenvalue weighted by molar-refractivity contribution is 14.1. The number of pyridine rings is 1. The molecule has 1 aliphatic rings. The molecule has 5 nitrogen and oxygen atoms in total. The van der Waals surface area contributed by atoms with Crippen LogP contribution >= 0.6 is 22.6 Å². The van der Waals surface area contributed by atoms with Crippen molar-refractivity contribution in [3.63, 3.8) is 0 Å². The van der Waals surface area contributed by atoms with Crippen molar-refractivity contribution >= 4 is 44.5 Å². The number of nitrogens with zero attached hydrogens (tertiary/aromatic N) is 2. The van der Waals surface area contributed by atoms with Gasteiger partial charge < -0.3 is 0 Å². The highest BCUT2D eigenvalue weighted by Crippen LogP contribution is 2.25. The van der Waals surface area contributed by atoms with Crippen LogP contribution in [0.15, 0.2) is 18.3 Å². The van der Waals surface area contributed by atoms with Gasteiger partial charge in [0.1, 0.15) is 5.82 Å². The topological polar surface area (TPSA) is 67.3 Å². The molecule has 2 rings (SSSR count). The van der Waals surface area contributed by atoms with Crippen LogP contribution < -0.4 is 4.90 Å². The summed E-state index contributed by atoms with van der Waals surface area (Å²) in [4.78, 5) is 17.2. The van der Waals surface area contributed by atoms with Crippen LogP contribution in [0.5, 0.6) is 0 Å². The fourth-order valence-electron chi connectivity index (χ4n) is 1.94. The average molecular weight is 384 g/mol. The normalized spacial score (nSPS) is 20.4. The zero-order valence-electron chi connectivity index (χ0n) is 9.21. The Balaban J connectivity index is 2.15. The van der Waals surface area contributed by atoms with E-state index in [1.54, 1.807) is 18.3 Å². The van der Waals surface area contributed by atoms with E-state index in [9.17, 15) is 17.1 Å². The quantitative estimate of drug-likeness (QED) is 0.583. The number of hydrogen-bond acceptors (Lipinski definition) is 4. The third kappa shape index (κ3) is 3.37. The van der Waals surface area contributed by atoms with Gasteiger partial charge in [0.25, 0.3) is 0 Å². The van der Waals surface area contributed by atoms with Gasteiger partial charge in [0.15, 0.2) is 0 Å². The second kappa shape index (κ2) is 5.08. The molecule has 0 aromatic carbocycles. The Hall–Kier alpha value is -0.770. The number of amides is 1. The maximum Gasteiger partial charge on any atom is 0.302 e. The van der Waals surface area contributed by atoms with Gasteiger partial charge in [-0.15, -0.1) is 3.89 Å². The lowest BCUT2D eigenvalue weighted by molar-refractivity contribution is -0.117. The van der Waals surface area contributed by atoms with Crippen molar-refractivity contribution in [3.05, 3.63) is 21.9 Å². The summed E-state index contributed by atoms with van der Waals surface area (Å²) >= 11 is 2.09. The van der Waals surface area contributed by atoms with E-state index >= 15 is 0 Å². The molecule has 1 saturated heterocycles. The first-order chi connectivity index (χ1) is 8.35. The summed E-state index contributed by atoms with van der Waals surface area (Å²) < 4.78 is 34.7. The van der Waals surface area contributed by atoms with Crippen LogP contribution in [-0.4, -0.2) is 31.6 Å². The Morgan fingerprint density at radius 2 is 2.28 bits per heavy atom. The fourth-order valence-corrected chi connectivity index (χ4v) is 3.16. The standard InChI is InChI=1S/C10H10FIN2O3S/c11-18(16,17)6-7-3-10(15)14(5-7)9-4-8(12)1-2-13-9/h1-2,4,7H,3,5-6H2. The number of carbonyl (C=O) groups excluding carboxylic acids is 1. The molecule has 1 fully saturated rings. The molecule has 0 saturated carbocycles. The molecule has 18 heavy (non-hydrogen) atoms. The van der Waals surface area contributed by atoms with Crippen LogP contribution in [0.25, 0.3) is 0 Å². The Morgan fingerprint density at radius 3 is 2.89 bits per heavy atom. The second-order valence-corrected chi connectivity index (χ2v) is 6.77. The van der Waals surface area contributed by atoms with E-state index in [1.165, 1.54) is 4.90 Å². The van der Waals surface area contributed by atoms with Gasteiger partial charge in [-0.3, -0.25) is 9.69 Å². The number of rotatable bonds is 3.